The number of hydrogen-bond acceptors (Lipinski definition) is 6. The van der Waals surface area contributed by atoms with E-state index in [9.17, 15) is 14.4 Å². The SMILES string of the molecule is CN1CC(=O)N(CC2CC2)c2sc3c(c2C1=O)CCN(C(=O)CN1CCOCC1)C3. The van der Waals surface area contributed by atoms with Gasteiger partial charge >= 0.3 is 0 Å². The van der Waals surface area contributed by atoms with E-state index in [0.717, 1.165) is 41.4 Å². The Balaban J connectivity index is 1.39. The highest BCUT2D eigenvalue weighted by Crippen LogP contribution is 2.43. The molecule has 3 aliphatic heterocycles. The Bertz CT molecular complexity index is 875. The molecule has 30 heavy (non-hydrogen) atoms. The second-order valence-electron chi connectivity index (χ2n) is 8.75. The number of hydrogen-bond donors (Lipinski definition) is 0. The van der Waals surface area contributed by atoms with Gasteiger partial charge in [0, 0.05) is 38.1 Å². The summed E-state index contributed by atoms with van der Waals surface area (Å²) in [6.45, 7) is 5.32. The maximum Gasteiger partial charge on any atom is 0.257 e. The third-order valence-electron chi connectivity index (χ3n) is 6.47. The van der Waals surface area contributed by atoms with Crippen LogP contribution in [-0.2, 0) is 27.3 Å². The molecule has 1 aromatic rings. The molecule has 4 aliphatic rings. The number of nitrogens with zero attached hydrogens (tertiary/aromatic N) is 4. The Morgan fingerprint density at radius 1 is 1.13 bits per heavy atom. The number of carbonyl (C=O) groups excluding carboxylic acids is 3. The molecule has 1 saturated carbocycles. The summed E-state index contributed by atoms with van der Waals surface area (Å²) in [6, 6.07) is 0. The van der Waals surface area contributed by atoms with Crippen molar-refractivity contribution in [3.8, 4) is 0 Å². The highest BCUT2D eigenvalue weighted by atomic mass is 32.1. The van der Waals surface area contributed by atoms with Crippen molar-refractivity contribution in [1.82, 2.24) is 14.7 Å². The maximum atomic E-state index is 13.1. The lowest BCUT2D eigenvalue weighted by atomic mass is 10.0. The molecule has 0 bridgehead atoms. The van der Waals surface area contributed by atoms with Crippen LogP contribution in [0.2, 0.25) is 0 Å². The maximum absolute atomic E-state index is 13.1. The van der Waals surface area contributed by atoms with Crippen LogP contribution < -0.4 is 4.90 Å². The van der Waals surface area contributed by atoms with Gasteiger partial charge in [-0.15, -0.1) is 11.3 Å². The van der Waals surface area contributed by atoms with E-state index in [-0.39, 0.29) is 24.3 Å². The second-order valence-corrected chi connectivity index (χ2v) is 9.83. The average molecular weight is 433 g/mol. The molecule has 4 heterocycles. The van der Waals surface area contributed by atoms with E-state index in [1.165, 1.54) is 16.2 Å². The van der Waals surface area contributed by atoms with Crippen molar-refractivity contribution in [2.45, 2.75) is 25.8 Å². The highest BCUT2D eigenvalue weighted by Gasteiger charge is 2.39. The molecule has 0 spiro atoms. The summed E-state index contributed by atoms with van der Waals surface area (Å²) < 4.78 is 5.37. The Kier molecular flexibility index (Phi) is 5.28. The molecule has 5 rings (SSSR count). The van der Waals surface area contributed by atoms with Crippen molar-refractivity contribution < 1.29 is 19.1 Å². The zero-order valence-electron chi connectivity index (χ0n) is 17.4. The second kappa shape index (κ2) is 7.94. The molecular formula is C21H28N4O4S. The molecule has 9 heteroatoms. The van der Waals surface area contributed by atoms with Crippen LogP contribution in [0.3, 0.4) is 0 Å². The zero-order chi connectivity index (χ0) is 20.8. The van der Waals surface area contributed by atoms with E-state index in [0.29, 0.717) is 57.3 Å². The number of amides is 3. The van der Waals surface area contributed by atoms with Crippen LogP contribution in [0, 0.1) is 5.92 Å². The Morgan fingerprint density at radius 3 is 2.63 bits per heavy atom. The summed E-state index contributed by atoms with van der Waals surface area (Å²) in [7, 11) is 1.70. The smallest absolute Gasteiger partial charge is 0.257 e. The number of ether oxygens (including phenoxy) is 1. The van der Waals surface area contributed by atoms with Crippen LogP contribution in [0.15, 0.2) is 0 Å². The van der Waals surface area contributed by atoms with Gasteiger partial charge < -0.3 is 19.4 Å². The topological polar surface area (TPSA) is 73.4 Å². The number of morpholine rings is 1. The lowest BCUT2D eigenvalue weighted by Crippen LogP contribution is -2.46. The number of rotatable bonds is 4. The Hall–Kier alpha value is -1.97. The van der Waals surface area contributed by atoms with E-state index in [2.05, 4.69) is 4.90 Å². The van der Waals surface area contributed by atoms with Gasteiger partial charge in [0.25, 0.3) is 5.91 Å². The minimum absolute atomic E-state index is 0.00431. The third-order valence-corrected chi connectivity index (χ3v) is 7.71. The van der Waals surface area contributed by atoms with Crippen molar-refractivity contribution in [2.75, 3.05) is 64.4 Å². The fraction of sp³-hybridized carbons (Fsp3) is 0.667. The van der Waals surface area contributed by atoms with Gasteiger partial charge in [-0.3, -0.25) is 19.3 Å². The summed E-state index contributed by atoms with van der Waals surface area (Å²) in [5.74, 6) is 0.601. The molecular weight excluding hydrogens is 404 g/mol. The molecule has 8 nitrogen and oxygen atoms in total. The van der Waals surface area contributed by atoms with Gasteiger partial charge in [-0.1, -0.05) is 0 Å². The van der Waals surface area contributed by atoms with Crippen molar-refractivity contribution >= 4 is 34.1 Å². The van der Waals surface area contributed by atoms with Crippen molar-refractivity contribution in [3.05, 3.63) is 16.0 Å². The standard InChI is InChI=1S/C21H28N4O4S/c1-22-12-18(27)25(10-14-2-3-14)21-19(20(22)28)15-4-5-24(11-16(15)30-21)17(26)13-23-6-8-29-9-7-23/h14H,2-13H2,1H3. The predicted octanol–water partition coefficient (Wildman–Crippen LogP) is 0.794. The van der Waals surface area contributed by atoms with Gasteiger partial charge in [-0.25, -0.2) is 0 Å². The van der Waals surface area contributed by atoms with Crippen LogP contribution in [0.1, 0.15) is 33.6 Å². The molecule has 1 aromatic heterocycles. The van der Waals surface area contributed by atoms with Crippen LogP contribution >= 0.6 is 11.3 Å². The zero-order valence-corrected chi connectivity index (χ0v) is 18.2. The van der Waals surface area contributed by atoms with E-state index >= 15 is 0 Å². The van der Waals surface area contributed by atoms with E-state index in [4.69, 9.17) is 4.74 Å². The summed E-state index contributed by atoms with van der Waals surface area (Å²) >= 11 is 1.54. The number of carbonyl (C=O) groups is 3. The summed E-state index contributed by atoms with van der Waals surface area (Å²) in [4.78, 5) is 47.3. The highest BCUT2D eigenvalue weighted by molar-refractivity contribution is 7.17. The van der Waals surface area contributed by atoms with Gasteiger partial charge in [0.1, 0.15) is 11.5 Å². The van der Waals surface area contributed by atoms with Gasteiger partial charge in [0.2, 0.25) is 11.8 Å². The molecule has 0 atom stereocenters. The Morgan fingerprint density at radius 2 is 1.90 bits per heavy atom. The Labute approximate surface area is 180 Å². The van der Waals surface area contributed by atoms with Gasteiger partial charge in [0.05, 0.1) is 31.9 Å². The number of likely N-dealkylation sites (N-methyl/N-ethyl adjacent to an activating group) is 1. The summed E-state index contributed by atoms with van der Waals surface area (Å²) in [6.07, 6.45) is 2.97. The summed E-state index contributed by atoms with van der Waals surface area (Å²) in [5.41, 5.74) is 1.74. The first-order valence-electron chi connectivity index (χ1n) is 10.8. The molecule has 0 radical (unpaired) electrons. The predicted molar refractivity (Wildman–Crippen MR) is 113 cm³/mol. The van der Waals surface area contributed by atoms with Crippen LogP contribution in [-0.4, -0.2) is 92.0 Å². The molecule has 162 valence electrons. The number of fused-ring (bicyclic) bond motifs is 3. The minimum Gasteiger partial charge on any atom is -0.379 e. The third kappa shape index (κ3) is 3.74. The molecule has 0 unspecified atom stereocenters. The molecule has 3 amide bonds. The molecule has 1 saturated heterocycles. The van der Waals surface area contributed by atoms with Crippen molar-refractivity contribution in [1.29, 1.82) is 0 Å². The van der Waals surface area contributed by atoms with E-state index in [1.54, 1.807) is 7.05 Å². The summed E-state index contributed by atoms with van der Waals surface area (Å²) in [5, 5.41) is 0.800. The van der Waals surface area contributed by atoms with Crippen molar-refractivity contribution in [2.24, 2.45) is 5.92 Å². The van der Waals surface area contributed by atoms with Crippen molar-refractivity contribution in [3.63, 3.8) is 0 Å². The minimum atomic E-state index is -0.0674. The fourth-order valence-corrected chi connectivity index (χ4v) is 5.85. The first kappa shape index (κ1) is 20.0. The lowest BCUT2D eigenvalue weighted by molar-refractivity contribution is -0.134. The first-order valence-corrected chi connectivity index (χ1v) is 11.6. The molecule has 0 N–H and O–H groups in total. The largest absolute Gasteiger partial charge is 0.379 e. The number of thiophene rings is 1. The quantitative estimate of drug-likeness (QED) is 0.704. The molecule has 2 fully saturated rings. The van der Waals surface area contributed by atoms with Crippen LogP contribution in [0.5, 0.6) is 0 Å². The molecule has 1 aliphatic carbocycles. The average Bonchev–Trinajstić information content (AvgIpc) is 3.50. The van der Waals surface area contributed by atoms with Gasteiger partial charge in [0.15, 0.2) is 0 Å². The number of anilines is 1. The lowest BCUT2D eigenvalue weighted by Gasteiger charge is -2.31. The van der Waals surface area contributed by atoms with E-state index in [1.807, 2.05) is 9.80 Å². The normalized spacial score (nSPS) is 22.8. The van der Waals surface area contributed by atoms with Gasteiger partial charge in [-0.2, -0.15) is 0 Å². The van der Waals surface area contributed by atoms with Crippen LogP contribution in [0.4, 0.5) is 5.00 Å². The van der Waals surface area contributed by atoms with Crippen LogP contribution in [0.25, 0.3) is 0 Å². The first-order chi connectivity index (χ1) is 14.5. The van der Waals surface area contributed by atoms with E-state index < -0.39 is 0 Å². The monoisotopic (exact) mass is 432 g/mol. The fourth-order valence-electron chi connectivity index (χ4n) is 4.47. The molecule has 0 aromatic carbocycles. The van der Waals surface area contributed by atoms with Gasteiger partial charge in [-0.05, 0) is 30.7 Å².